The molecular formula is C17H18N4O3. The zero-order valence-electron chi connectivity index (χ0n) is 13.2. The molecule has 0 unspecified atom stereocenters. The Kier molecular flexibility index (Phi) is 4.75. The van der Waals surface area contributed by atoms with Gasteiger partial charge in [0.1, 0.15) is 11.3 Å². The van der Waals surface area contributed by atoms with Crippen molar-refractivity contribution < 1.29 is 13.9 Å². The van der Waals surface area contributed by atoms with Crippen LogP contribution in [-0.2, 0) is 4.79 Å². The van der Waals surface area contributed by atoms with Gasteiger partial charge < -0.3 is 14.5 Å². The van der Waals surface area contributed by atoms with Crippen molar-refractivity contribution in [3.63, 3.8) is 0 Å². The molecule has 3 rings (SSSR count). The first-order valence-corrected chi connectivity index (χ1v) is 7.92. The highest BCUT2D eigenvalue weighted by Gasteiger charge is 2.33. The third-order valence-electron chi connectivity index (χ3n) is 4.13. The van der Waals surface area contributed by atoms with Crippen molar-refractivity contribution in [1.82, 2.24) is 15.5 Å². The van der Waals surface area contributed by atoms with E-state index in [1.165, 1.54) is 6.39 Å². The molecule has 24 heavy (non-hydrogen) atoms. The number of carbonyl (C=O) groups is 1. The molecule has 1 aliphatic carbocycles. The van der Waals surface area contributed by atoms with Crippen molar-refractivity contribution >= 4 is 5.91 Å². The highest BCUT2D eigenvalue weighted by atomic mass is 16.5. The van der Waals surface area contributed by atoms with E-state index in [9.17, 15) is 10.1 Å². The van der Waals surface area contributed by atoms with E-state index in [1.54, 1.807) is 24.3 Å². The van der Waals surface area contributed by atoms with Gasteiger partial charge in [-0.1, -0.05) is 19.3 Å². The lowest BCUT2D eigenvalue weighted by Gasteiger charge is -2.31. The van der Waals surface area contributed by atoms with E-state index in [0.717, 1.165) is 24.8 Å². The molecule has 1 aromatic carbocycles. The van der Waals surface area contributed by atoms with Crippen molar-refractivity contribution in [3.8, 4) is 23.3 Å². The number of benzene rings is 1. The maximum atomic E-state index is 12.1. The molecule has 1 saturated carbocycles. The van der Waals surface area contributed by atoms with Crippen LogP contribution in [-0.4, -0.2) is 28.3 Å². The van der Waals surface area contributed by atoms with Crippen LogP contribution in [0.1, 0.15) is 32.1 Å². The Morgan fingerprint density at radius 3 is 2.67 bits per heavy atom. The summed E-state index contributed by atoms with van der Waals surface area (Å²) in [4.78, 5) is 12.1. The van der Waals surface area contributed by atoms with Gasteiger partial charge in [-0.25, -0.2) is 0 Å². The first-order valence-electron chi connectivity index (χ1n) is 7.92. The molecule has 0 atom stereocenters. The molecular weight excluding hydrogens is 308 g/mol. The van der Waals surface area contributed by atoms with Gasteiger partial charge >= 0.3 is 0 Å². The topological polar surface area (TPSA) is 101 Å². The van der Waals surface area contributed by atoms with Crippen LogP contribution in [0.15, 0.2) is 35.1 Å². The lowest BCUT2D eigenvalue weighted by molar-refractivity contribution is -0.124. The van der Waals surface area contributed by atoms with Crippen LogP contribution in [0.2, 0.25) is 0 Å². The Bertz CT molecular complexity index is 713. The monoisotopic (exact) mass is 326 g/mol. The van der Waals surface area contributed by atoms with Gasteiger partial charge in [0, 0.05) is 5.56 Å². The normalized spacial score (nSPS) is 16.1. The van der Waals surface area contributed by atoms with Gasteiger partial charge in [-0.2, -0.15) is 5.26 Å². The zero-order valence-corrected chi connectivity index (χ0v) is 13.2. The summed E-state index contributed by atoms with van der Waals surface area (Å²) in [7, 11) is 0. The van der Waals surface area contributed by atoms with Crippen molar-refractivity contribution in [2.75, 3.05) is 6.61 Å². The number of hydrogen-bond acceptors (Lipinski definition) is 6. The fourth-order valence-electron chi connectivity index (χ4n) is 2.86. The van der Waals surface area contributed by atoms with Crippen molar-refractivity contribution in [3.05, 3.63) is 30.7 Å². The molecule has 0 bridgehead atoms. The molecule has 0 saturated heterocycles. The molecule has 1 heterocycles. The molecule has 1 N–H and O–H groups in total. The molecule has 0 aliphatic heterocycles. The predicted octanol–water partition coefficient (Wildman–Crippen LogP) is 2.46. The van der Waals surface area contributed by atoms with Gasteiger partial charge in [0.05, 0.1) is 6.07 Å². The molecule has 124 valence electrons. The van der Waals surface area contributed by atoms with Crippen LogP contribution in [0, 0.1) is 11.3 Å². The van der Waals surface area contributed by atoms with Gasteiger partial charge in [-0.05, 0) is 37.1 Å². The van der Waals surface area contributed by atoms with Crippen LogP contribution < -0.4 is 10.1 Å². The second-order valence-electron chi connectivity index (χ2n) is 5.86. The van der Waals surface area contributed by atoms with E-state index in [4.69, 9.17) is 9.15 Å². The minimum absolute atomic E-state index is 0.122. The second-order valence-corrected chi connectivity index (χ2v) is 5.86. The average molecular weight is 326 g/mol. The summed E-state index contributed by atoms with van der Waals surface area (Å²) >= 11 is 0. The van der Waals surface area contributed by atoms with E-state index in [0.29, 0.717) is 24.5 Å². The molecule has 1 fully saturated rings. The molecule has 2 aromatic rings. The summed E-state index contributed by atoms with van der Waals surface area (Å²) in [5, 5.41) is 19.6. The molecule has 7 nitrogen and oxygen atoms in total. The van der Waals surface area contributed by atoms with E-state index >= 15 is 0 Å². The summed E-state index contributed by atoms with van der Waals surface area (Å²) in [6.45, 7) is -0.122. The van der Waals surface area contributed by atoms with Crippen LogP contribution in [0.25, 0.3) is 11.5 Å². The van der Waals surface area contributed by atoms with E-state index < -0.39 is 5.54 Å². The fourth-order valence-corrected chi connectivity index (χ4v) is 2.86. The first kappa shape index (κ1) is 16.0. The lowest BCUT2D eigenvalue weighted by Crippen LogP contribution is -2.50. The van der Waals surface area contributed by atoms with E-state index in [2.05, 4.69) is 21.6 Å². The molecule has 0 radical (unpaired) electrons. The van der Waals surface area contributed by atoms with Crippen LogP contribution in [0.5, 0.6) is 5.75 Å². The minimum atomic E-state index is -0.736. The molecule has 0 spiro atoms. The van der Waals surface area contributed by atoms with Crippen LogP contribution in [0.3, 0.4) is 0 Å². The maximum absolute atomic E-state index is 12.1. The molecule has 1 aromatic heterocycles. The number of ether oxygens (including phenoxy) is 1. The lowest BCUT2D eigenvalue weighted by atomic mass is 9.83. The van der Waals surface area contributed by atoms with Crippen molar-refractivity contribution in [2.24, 2.45) is 0 Å². The molecule has 7 heteroatoms. The Morgan fingerprint density at radius 1 is 1.29 bits per heavy atom. The number of nitrogens with zero attached hydrogens (tertiary/aromatic N) is 3. The van der Waals surface area contributed by atoms with Crippen molar-refractivity contribution in [1.29, 1.82) is 5.26 Å². The largest absolute Gasteiger partial charge is 0.484 e. The number of hydrogen-bond donors (Lipinski definition) is 1. The predicted molar refractivity (Wildman–Crippen MR) is 84.8 cm³/mol. The van der Waals surface area contributed by atoms with Gasteiger partial charge in [-0.15, -0.1) is 10.2 Å². The van der Waals surface area contributed by atoms with Crippen LogP contribution >= 0.6 is 0 Å². The van der Waals surface area contributed by atoms with Gasteiger partial charge in [0.2, 0.25) is 12.3 Å². The average Bonchev–Trinajstić information content (AvgIpc) is 3.16. The number of aromatic nitrogens is 2. The number of nitrogens with one attached hydrogen (secondary N) is 1. The Morgan fingerprint density at radius 2 is 2.04 bits per heavy atom. The number of carbonyl (C=O) groups excluding carboxylic acids is 1. The van der Waals surface area contributed by atoms with E-state index in [-0.39, 0.29) is 12.5 Å². The molecule has 1 amide bonds. The van der Waals surface area contributed by atoms with E-state index in [1.807, 2.05) is 0 Å². The molecule has 1 aliphatic rings. The highest BCUT2D eigenvalue weighted by molar-refractivity contribution is 5.79. The number of amides is 1. The van der Waals surface area contributed by atoms with Crippen molar-refractivity contribution in [2.45, 2.75) is 37.6 Å². The minimum Gasteiger partial charge on any atom is -0.484 e. The van der Waals surface area contributed by atoms with Gasteiger partial charge in [0.15, 0.2) is 6.61 Å². The smallest absolute Gasteiger partial charge is 0.259 e. The summed E-state index contributed by atoms with van der Waals surface area (Å²) in [6, 6.07) is 9.27. The SMILES string of the molecule is N#CC1(NC(=O)COc2ccc(-c3nnco3)cc2)CCCCC1. The Labute approximate surface area is 139 Å². The summed E-state index contributed by atoms with van der Waals surface area (Å²) in [5.41, 5.74) is 0.0375. The number of rotatable bonds is 5. The van der Waals surface area contributed by atoms with Gasteiger partial charge in [-0.3, -0.25) is 4.79 Å². The Balaban J connectivity index is 1.53. The summed E-state index contributed by atoms with van der Waals surface area (Å²) in [6.07, 6.45) is 5.71. The Hall–Kier alpha value is -2.88. The third-order valence-corrected chi connectivity index (χ3v) is 4.13. The van der Waals surface area contributed by atoms with Crippen LogP contribution in [0.4, 0.5) is 0 Å². The first-order chi connectivity index (χ1) is 11.7. The summed E-state index contributed by atoms with van der Waals surface area (Å²) in [5.74, 6) is 0.704. The summed E-state index contributed by atoms with van der Waals surface area (Å²) < 4.78 is 10.6. The fraction of sp³-hybridized carbons (Fsp3) is 0.412. The number of nitriles is 1. The standard InChI is InChI=1S/C17H18N4O3/c18-11-17(8-2-1-3-9-17)20-15(22)10-23-14-6-4-13(5-7-14)16-21-19-12-24-16/h4-7,12H,1-3,8-10H2,(H,20,22). The third kappa shape index (κ3) is 3.71. The zero-order chi connectivity index (χ0) is 16.8. The second kappa shape index (κ2) is 7.13. The highest BCUT2D eigenvalue weighted by Crippen LogP contribution is 2.27. The quantitative estimate of drug-likeness (QED) is 0.905. The van der Waals surface area contributed by atoms with Gasteiger partial charge in [0.25, 0.3) is 5.91 Å². The maximum Gasteiger partial charge on any atom is 0.259 e.